The summed E-state index contributed by atoms with van der Waals surface area (Å²) in [6.07, 6.45) is 2.38. The number of aromatic carboxylic acids is 1. The summed E-state index contributed by atoms with van der Waals surface area (Å²) in [6, 6.07) is 18.8. The van der Waals surface area contributed by atoms with Crippen molar-refractivity contribution in [3.63, 3.8) is 0 Å². The van der Waals surface area contributed by atoms with Crippen molar-refractivity contribution in [3.8, 4) is 11.5 Å². The molecule has 182 valence electrons. The Kier molecular flexibility index (Phi) is 9.31. The Morgan fingerprint density at radius 2 is 1.74 bits per heavy atom. The van der Waals surface area contributed by atoms with Crippen LogP contribution in [0.5, 0.6) is 11.5 Å². The van der Waals surface area contributed by atoms with Gasteiger partial charge in [0.15, 0.2) is 0 Å². The molecule has 1 fully saturated rings. The largest absolute Gasteiger partial charge is 0.497 e. The molecule has 6 nitrogen and oxygen atoms in total. The molecule has 0 bridgehead atoms. The van der Waals surface area contributed by atoms with Crippen molar-refractivity contribution in [1.29, 1.82) is 0 Å². The van der Waals surface area contributed by atoms with Crippen LogP contribution in [0.4, 0.5) is 0 Å². The predicted molar refractivity (Wildman–Crippen MR) is 137 cm³/mol. The molecule has 3 aromatic carbocycles. The third-order valence-corrected chi connectivity index (χ3v) is 5.89. The molecule has 1 aliphatic rings. The molecule has 1 aliphatic heterocycles. The second-order valence-corrected chi connectivity index (χ2v) is 9.10. The van der Waals surface area contributed by atoms with E-state index >= 15 is 0 Å². The van der Waals surface area contributed by atoms with Crippen molar-refractivity contribution in [2.75, 3.05) is 26.7 Å². The first-order valence-corrected chi connectivity index (χ1v) is 11.9. The molecule has 1 heterocycles. The highest BCUT2D eigenvalue weighted by Crippen LogP contribution is 2.25. The zero-order chi connectivity index (χ0) is 24.5. The number of carboxylic acids is 1. The van der Waals surface area contributed by atoms with Crippen LogP contribution in [0.3, 0.4) is 0 Å². The van der Waals surface area contributed by atoms with E-state index < -0.39 is 5.97 Å². The molecular formula is C28H36N2O4. The van der Waals surface area contributed by atoms with Gasteiger partial charge in [-0.1, -0.05) is 38.1 Å². The number of nitrogens with zero attached hydrogens (tertiary/aromatic N) is 1. The molecule has 0 aliphatic carbocycles. The summed E-state index contributed by atoms with van der Waals surface area (Å²) in [6.45, 7) is 8.43. The average molecular weight is 465 g/mol. The Morgan fingerprint density at radius 3 is 2.38 bits per heavy atom. The molecule has 0 saturated carbocycles. The lowest BCUT2D eigenvalue weighted by atomic mass is 10.1. The molecule has 0 atom stereocenters. The highest BCUT2D eigenvalue weighted by molar-refractivity contribution is 5.94. The summed E-state index contributed by atoms with van der Waals surface area (Å²) in [5, 5.41) is 11.0. The topological polar surface area (TPSA) is 85.0 Å². The van der Waals surface area contributed by atoms with E-state index in [1.165, 1.54) is 0 Å². The molecule has 6 heteroatoms. The minimum absolute atomic E-state index is 0.268. The van der Waals surface area contributed by atoms with E-state index in [1.54, 1.807) is 19.2 Å². The van der Waals surface area contributed by atoms with Crippen molar-refractivity contribution in [3.05, 3.63) is 71.8 Å². The van der Waals surface area contributed by atoms with Crippen LogP contribution in [0.15, 0.2) is 60.7 Å². The summed E-state index contributed by atoms with van der Waals surface area (Å²) in [7, 11) is 1.65. The third kappa shape index (κ3) is 7.47. The van der Waals surface area contributed by atoms with Crippen molar-refractivity contribution in [2.45, 2.75) is 39.3 Å². The summed E-state index contributed by atoms with van der Waals surface area (Å²) in [4.78, 5) is 13.6. The first-order chi connectivity index (χ1) is 16.4. The number of rotatable bonds is 7. The number of hydrogen-bond donors (Lipinski definition) is 2. The highest BCUT2D eigenvalue weighted by Gasteiger charge is 2.21. The fraction of sp³-hybridized carbons (Fsp3) is 0.393. The number of ether oxygens (including phenoxy) is 2. The fourth-order valence-corrected chi connectivity index (χ4v) is 4.15. The summed E-state index contributed by atoms with van der Waals surface area (Å²) < 4.78 is 11.2. The lowest BCUT2D eigenvalue weighted by Crippen LogP contribution is -2.39. The molecule has 3 N–H and O–H groups in total. The highest BCUT2D eigenvalue weighted by atomic mass is 16.5. The Bertz CT molecular complexity index is 1060. The molecular weight excluding hydrogens is 428 g/mol. The Balaban J connectivity index is 0.000000271. The predicted octanol–water partition coefficient (Wildman–Crippen LogP) is 5.19. The maximum atomic E-state index is 11.0. The number of methoxy groups -OCH3 is 1. The minimum atomic E-state index is -0.898. The molecule has 4 rings (SSSR count). The van der Waals surface area contributed by atoms with Crippen molar-refractivity contribution in [2.24, 2.45) is 11.7 Å². The van der Waals surface area contributed by atoms with Crippen LogP contribution in [0.1, 0.15) is 42.6 Å². The minimum Gasteiger partial charge on any atom is -0.497 e. The Hall–Kier alpha value is -3.09. The van der Waals surface area contributed by atoms with Crippen molar-refractivity contribution >= 4 is 16.7 Å². The number of carboxylic acid groups (broad SMARTS) is 1. The van der Waals surface area contributed by atoms with Gasteiger partial charge < -0.3 is 25.2 Å². The van der Waals surface area contributed by atoms with Crippen LogP contribution in [0, 0.1) is 5.92 Å². The van der Waals surface area contributed by atoms with E-state index in [1.807, 2.05) is 48.5 Å². The quantitative estimate of drug-likeness (QED) is 0.500. The third-order valence-electron chi connectivity index (χ3n) is 5.89. The first-order valence-electron chi connectivity index (χ1n) is 11.9. The zero-order valence-corrected chi connectivity index (χ0v) is 20.4. The maximum Gasteiger partial charge on any atom is 0.335 e. The van der Waals surface area contributed by atoms with E-state index in [4.69, 9.17) is 20.3 Å². The molecule has 1 saturated heterocycles. The number of piperidine rings is 1. The number of nitrogens with two attached hydrogens (primary N) is 1. The van der Waals surface area contributed by atoms with Crippen LogP contribution in [0.25, 0.3) is 10.8 Å². The second kappa shape index (κ2) is 12.4. The summed E-state index contributed by atoms with van der Waals surface area (Å²) in [5.41, 5.74) is 6.83. The molecule has 0 spiro atoms. The molecule has 0 radical (unpaired) electrons. The first kappa shape index (κ1) is 25.5. The average Bonchev–Trinajstić information content (AvgIpc) is 2.85. The van der Waals surface area contributed by atoms with Crippen LogP contribution in [-0.4, -0.2) is 48.8 Å². The smallest absolute Gasteiger partial charge is 0.335 e. The van der Waals surface area contributed by atoms with Gasteiger partial charge in [-0.25, -0.2) is 4.79 Å². The van der Waals surface area contributed by atoms with Gasteiger partial charge in [0.05, 0.1) is 12.7 Å². The van der Waals surface area contributed by atoms with Crippen LogP contribution >= 0.6 is 0 Å². The lowest BCUT2D eigenvalue weighted by molar-refractivity contribution is 0.0697. The fourth-order valence-electron chi connectivity index (χ4n) is 4.15. The van der Waals surface area contributed by atoms with Gasteiger partial charge >= 0.3 is 5.97 Å². The van der Waals surface area contributed by atoms with Gasteiger partial charge in [0.25, 0.3) is 0 Å². The number of likely N-dealkylation sites (tertiary alicyclic amines) is 1. The number of hydrogen-bond acceptors (Lipinski definition) is 5. The van der Waals surface area contributed by atoms with Crippen molar-refractivity contribution < 1.29 is 19.4 Å². The summed E-state index contributed by atoms with van der Waals surface area (Å²) >= 11 is 0. The molecule has 3 aromatic rings. The van der Waals surface area contributed by atoms with Gasteiger partial charge in [-0.05, 0) is 71.5 Å². The van der Waals surface area contributed by atoms with E-state index in [9.17, 15) is 4.79 Å². The lowest BCUT2D eigenvalue weighted by Gasteiger charge is -2.33. The monoisotopic (exact) mass is 464 g/mol. The molecule has 34 heavy (non-hydrogen) atoms. The standard InChI is InChI=1S/C20H25NO3.C8H11NO/c1-14(2)13-21-9-7-18(8-10-21)24-19-6-5-15-11-17(20(22)23)4-3-16(15)12-19;1-10-8-4-2-3-7(5-8)6-9/h3-6,11-12,14,18H,7-10,13H2,1-2H3,(H,22,23);2-5H,6,9H2,1H3. The Morgan fingerprint density at radius 1 is 1.03 bits per heavy atom. The second-order valence-electron chi connectivity index (χ2n) is 9.10. The van der Waals surface area contributed by atoms with Gasteiger partial charge in [-0.15, -0.1) is 0 Å². The number of carbonyl (C=O) groups is 1. The van der Waals surface area contributed by atoms with E-state index in [0.717, 1.165) is 60.3 Å². The van der Waals surface area contributed by atoms with E-state index in [-0.39, 0.29) is 6.10 Å². The van der Waals surface area contributed by atoms with Gasteiger partial charge in [0.1, 0.15) is 17.6 Å². The van der Waals surface area contributed by atoms with Gasteiger partial charge in [-0.2, -0.15) is 0 Å². The van der Waals surface area contributed by atoms with Gasteiger partial charge in [-0.3, -0.25) is 0 Å². The zero-order valence-electron chi connectivity index (χ0n) is 20.4. The Labute approximate surface area is 202 Å². The number of benzene rings is 3. The van der Waals surface area contributed by atoms with Gasteiger partial charge in [0.2, 0.25) is 0 Å². The van der Waals surface area contributed by atoms with Crippen LogP contribution in [-0.2, 0) is 6.54 Å². The number of fused-ring (bicyclic) bond motifs is 1. The molecule has 0 aromatic heterocycles. The SMILES string of the molecule is CC(C)CN1CCC(Oc2ccc3cc(C(=O)O)ccc3c2)CC1.COc1cccc(CN)c1. The molecule has 0 unspecified atom stereocenters. The van der Waals surface area contributed by atoms with E-state index in [0.29, 0.717) is 18.0 Å². The van der Waals surface area contributed by atoms with E-state index in [2.05, 4.69) is 18.7 Å². The van der Waals surface area contributed by atoms with Crippen LogP contribution in [0.2, 0.25) is 0 Å². The van der Waals surface area contributed by atoms with Gasteiger partial charge in [0, 0.05) is 26.2 Å². The molecule has 0 amide bonds. The summed E-state index contributed by atoms with van der Waals surface area (Å²) in [5.74, 6) is 1.54. The van der Waals surface area contributed by atoms with Crippen molar-refractivity contribution in [1.82, 2.24) is 4.90 Å². The normalized spacial score (nSPS) is 14.5. The maximum absolute atomic E-state index is 11.0. The van der Waals surface area contributed by atoms with Crippen LogP contribution < -0.4 is 15.2 Å².